The van der Waals surface area contributed by atoms with Crippen LogP contribution in [0, 0.1) is 10.8 Å². The molecule has 1 aliphatic carbocycles. The lowest BCUT2D eigenvalue weighted by Gasteiger charge is -2.31. The van der Waals surface area contributed by atoms with E-state index in [0.717, 1.165) is 5.70 Å². The molecule has 0 spiro atoms. The first-order valence-corrected chi connectivity index (χ1v) is 4.87. The van der Waals surface area contributed by atoms with Crippen molar-refractivity contribution in [3.63, 3.8) is 0 Å². The number of hydrogen-bond donors (Lipinski definition) is 2. The Morgan fingerprint density at radius 3 is 2.43 bits per heavy atom. The molecule has 0 atom stereocenters. The van der Waals surface area contributed by atoms with Gasteiger partial charge in [0.25, 0.3) is 0 Å². The van der Waals surface area contributed by atoms with Crippen molar-refractivity contribution in [3.05, 3.63) is 11.3 Å². The van der Waals surface area contributed by atoms with Gasteiger partial charge in [0.05, 0.1) is 5.57 Å². The number of carbonyl (C=O) groups is 1. The van der Waals surface area contributed by atoms with Crippen molar-refractivity contribution in [2.45, 2.75) is 33.6 Å². The second kappa shape index (κ2) is 3.56. The molecular formula is C11H18N2O. The first kappa shape index (κ1) is 11.0. The van der Waals surface area contributed by atoms with E-state index in [2.05, 4.69) is 5.32 Å². The van der Waals surface area contributed by atoms with Crippen LogP contribution in [0.25, 0.3) is 0 Å². The van der Waals surface area contributed by atoms with Crippen LogP contribution < -0.4 is 5.32 Å². The fraction of sp³-hybridized carbons (Fsp3) is 0.636. The molecule has 1 saturated carbocycles. The SMILES string of the molecule is CN/C(C)=C1\C(=N)CC(C)(C)CC1=O. The lowest BCUT2D eigenvalue weighted by Crippen LogP contribution is -2.33. The lowest BCUT2D eigenvalue weighted by molar-refractivity contribution is -0.117. The Bertz CT molecular complexity index is 291. The van der Waals surface area contributed by atoms with E-state index >= 15 is 0 Å². The highest BCUT2D eigenvalue weighted by Crippen LogP contribution is 2.34. The summed E-state index contributed by atoms with van der Waals surface area (Å²) in [6, 6.07) is 0. The van der Waals surface area contributed by atoms with E-state index in [1.54, 1.807) is 7.05 Å². The molecule has 14 heavy (non-hydrogen) atoms. The van der Waals surface area contributed by atoms with E-state index in [9.17, 15) is 4.79 Å². The summed E-state index contributed by atoms with van der Waals surface area (Å²) in [6.07, 6.45) is 1.23. The van der Waals surface area contributed by atoms with Crippen LogP contribution in [0.3, 0.4) is 0 Å². The largest absolute Gasteiger partial charge is 0.391 e. The average Bonchev–Trinajstić information content (AvgIpc) is 1.99. The van der Waals surface area contributed by atoms with Crippen molar-refractivity contribution >= 4 is 11.5 Å². The molecule has 3 nitrogen and oxygen atoms in total. The molecule has 0 radical (unpaired) electrons. The van der Waals surface area contributed by atoms with E-state index in [4.69, 9.17) is 5.41 Å². The smallest absolute Gasteiger partial charge is 0.166 e. The van der Waals surface area contributed by atoms with Gasteiger partial charge in [-0.3, -0.25) is 4.79 Å². The summed E-state index contributed by atoms with van der Waals surface area (Å²) >= 11 is 0. The summed E-state index contributed by atoms with van der Waals surface area (Å²) < 4.78 is 0. The van der Waals surface area contributed by atoms with Crippen LogP contribution in [0.2, 0.25) is 0 Å². The van der Waals surface area contributed by atoms with Gasteiger partial charge in [-0.05, 0) is 18.8 Å². The van der Waals surface area contributed by atoms with Gasteiger partial charge in [-0.2, -0.15) is 0 Å². The monoisotopic (exact) mass is 194 g/mol. The minimum Gasteiger partial charge on any atom is -0.391 e. The number of nitrogens with one attached hydrogen (secondary N) is 2. The molecule has 0 aliphatic heterocycles. The maximum absolute atomic E-state index is 11.8. The van der Waals surface area contributed by atoms with Crippen LogP contribution in [-0.4, -0.2) is 18.5 Å². The minimum atomic E-state index is -0.0499. The molecule has 0 amide bonds. The number of carbonyl (C=O) groups excluding carboxylic acids is 1. The summed E-state index contributed by atoms with van der Waals surface area (Å²) in [6.45, 7) is 5.91. The Balaban J connectivity index is 3.04. The highest BCUT2D eigenvalue weighted by atomic mass is 16.1. The van der Waals surface area contributed by atoms with Crippen LogP contribution in [0.5, 0.6) is 0 Å². The molecule has 0 aromatic heterocycles. The highest BCUT2D eigenvalue weighted by Gasteiger charge is 2.34. The molecule has 1 rings (SSSR count). The van der Waals surface area contributed by atoms with Gasteiger partial charge < -0.3 is 10.7 Å². The van der Waals surface area contributed by atoms with Crippen LogP contribution in [0.4, 0.5) is 0 Å². The van der Waals surface area contributed by atoms with Gasteiger partial charge in [0.1, 0.15) is 0 Å². The molecule has 0 bridgehead atoms. The van der Waals surface area contributed by atoms with Crippen molar-refractivity contribution in [2.75, 3.05) is 7.05 Å². The van der Waals surface area contributed by atoms with Crippen molar-refractivity contribution in [3.8, 4) is 0 Å². The van der Waals surface area contributed by atoms with Gasteiger partial charge >= 0.3 is 0 Å². The summed E-state index contributed by atoms with van der Waals surface area (Å²) in [5.74, 6) is 0.0955. The van der Waals surface area contributed by atoms with Crippen molar-refractivity contribution in [1.29, 1.82) is 5.41 Å². The van der Waals surface area contributed by atoms with Gasteiger partial charge in [-0.25, -0.2) is 0 Å². The third kappa shape index (κ3) is 2.03. The van der Waals surface area contributed by atoms with Gasteiger partial charge in [-0.1, -0.05) is 13.8 Å². The van der Waals surface area contributed by atoms with Crippen molar-refractivity contribution in [1.82, 2.24) is 5.32 Å². The molecule has 0 aromatic carbocycles. The van der Waals surface area contributed by atoms with Gasteiger partial charge in [-0.15, -0.1) is 0 Å². The Kier molecular flexibility index (Phi) is 2.79. The zero-order valence-corrected chi connectivity index (χ0v) is 9.32. The molecule has 78 valence electrons. The lowest BCUT2D eigenvalue weighted by atomic mass is 9.73. The topological polar surface area (TPSA) is 53.0 Å². The maximum atomic E-state index is 11.8. The van der Waals surface area contributed by atoms with Crippen LogP contribution in [0.1, 0.15) is 33.6 Å². The fourth-order valence-electron chi connectivity index (χ4n) is 1.88. The number of Topliss-reactive ketones (excluding diaryl/α,β-unsaturated/α-hetero) is 1. The quantitative estimate of drug-likeness (QED) is 0.626. The Hall–Kier alpha value is -1.12. The van der Waals surface area contributed by atoms with E-state index in [1.165, 1.54) is 0 Å². The summed E-state index contributed by atoms with van der Waals surface area (Å²) in [4.78, 5) is 11.8. The first-order chi connectivity index (χ1) is 6.37. The van der Waals surface area contributed by atoms with E-state index in [1.807, 2.05) is 20.8 Å². The van der Waals surface area contributed by atoms with Crippen molar-refractivity contribution in [2.24, 2.45) is 5.41 Å². The zero-order chi connectivity index (χ0) is 10.9. The molecule has 1 fully saturated rings. The van der Waals surface area contributed by atoms with E-state index in [-0.39, 0.29) is 11.2 Å². The maximum Gasteiger partial charge on any atom is 0.166 e. The van der Waals surface area contributed by atoms with Crippen LogP contribution in [0.15, 0.2) is 11.3 Å². The molecule has 0 aromatic rings. The number of rotatable bonds is 1. The van der Waals surface area contributed by atoms with Crippen LogP contribution >= 0.6 is 0 Å². The predicted octanol–water partition coefficient (Wildman–Crippen LogP) is 1.89. The first-order valence-electron chi connectivity index (χ1n) is 4.87. The predicted molar refractivity (Wildman–Crippen MR) is 57.5 cm³/mol. The third-order valence-electron chi connectivity index (χ3n) is 2.63. The minimum absolute atomic E-state index is 0.0499. The average molecular weight is 194 g/mol. The molecule has 0 unspecified atom stereocenters. The van der Waals surface area contributed by atoms with Crippen LogP contribution in [-0.2, 0) is 4.79 Å². The summed E-state index contributed by atoms with van der Waals surface area (Å²) in [7, 11) is 1.78. The van der Waals surface area contributed by atoms with E-state index < -0.39 is 0 Å². The second-order valence-electron chi connectivity index (χ2n) is 4.67. The molecular weight excluding hydrogens is 176 g/mol. The Labute approximate surface area is 85.1 Å². The van der Waals surface area contributed by atoms with Gasteiger partial charge in [0.15, 0.2) is 5.78 Å². The molecule has 0 saturated heterocycles. The highest BCUT2D eigenvalue weighted by molar-refractivity contribution is 6.23. The third-order valence-corrected chi connectivity index (χ3v) is 2.63. The Morgan fingerprint density at radius 1 is 1.43 bits per heavy atom. The number of allylic oxidation sites excluding steroid dienone is 2. The molecule has 0 heterocycles. The number of ketones is 1. The van der Waals surface area contributed by atoms with Gasteiger partial charge in [0, 0.05) is 24.9 Å². The molecule has 1 aliphatic rings. The fourth-order valence-corrected chi connectivity index (χ4v) is 1.88. The normalized spacial score (nSPS) is 24.9. The summed E-state index contributed by atoms with van der Waals surface area (Å²) in [5, 5.41) is 10.8. The summed E-state index contributed by atoms with van der Waals surface area (Å²) in [5.41, 5.74) is 1.83. The molecule has 2 N–H and O–H groups in total. The zero-order valence-electron chi connectivity index (χ0n) is 9.32. The van der Waals surface area contributed by atoms with E-state index in [0.29, 0.717) is 24.1 Å². The molecule has 3 heteroatoms. The van der Waals surface area contributed by atoms with Crippen molar-refractivity contribution < 1.29 is 4.79 Å². The number of hydrogen-bond acceptors (Lipinski definition) is 3. The Morgan fingerprint density at radius 2 is 2.00 bits per heavy atom. The standard InChI is InChI=1S/C11H18N2O/c1-7(13-4)10-8(12)5-11(2,3)6-9(10)14/h12-13H,5-6H2,1-4H3/b10-7+,12-8?. The van der Waals surface area contributed by atoms with Gasteiger partial charge in [0.2, 0.25) is 0 Å². The second-order valence-corrected chi connectivity index (χ2v) is 4.67.